The highest BCUT2D eigenvalue weighted by Crippen LogP contribution is 2.38. The summed E-state index contributed by atoms with van der Waals surface area (Å²) in [5.41, 5.74) is 9.78. The number of hydrogen-bond donors (Lipinski definition) is 3. The zero-order valence-electron chi connectivity index (χ0n) is 12.7. The van der Waals surface area contributed by atoms with Crippen LogP contribution < -0.4 is 11.5 Å². The Morgan fingerprint density at radius 1 is 1.15 bits per heavy atom. The smallest absolute Gasteiger partial charge is 0.384 e. The lowest BCUT2D eigenvalue weighted by molar-refractivity contribution is -0.137. The zero-order chi connectivity index (χ0) is 19.5. The highest BCUT2D eigenvalue weighted by atomic mass is 35.5. The van der Waals surface area contributed by atoms with Gasteiger partial charge in [0.05, 0.1) is 21.8 Å². The molecule has 3 aromatic rings. The fraction of sp³-hybridized carbons (Fsp3) is 0.0714. The van der Waals surface area contributed by atoms with E-state index in [1.165, 1.54) is 6.07 Å². The van der Waals surface area contributed by atoms with Gasteiger partial charge in [-0.05, 0) is 18.2 Å². The topological polar surface area (TPSA) is 122 Å². The minimum Gasteiger partial charge on any atom is -0.384 e. The first-order valence-corrected chi connectivity index (χ1v) is 7.46. The molecule has 0 aliphatic heterocycles. The van der Waals surface area contributed by atoms with Crippen LogP contribution in [0.4, 0.5) is 24.8 Å². The summed E-state index contributed by atoms with van der Waals surface area (Å²) in [5.74, 6) is 0.639. The van der Waals surface area contributed by atoms with Crippen LogP contribution >= 0.6 is 23.2 Å². The molecule has 0 unspecified atom stereocenters. The summed E-state index contributed by atoms with van der Waals surface area (Å²) in [6, 6.07) is 6.14. The van der Waals surface area contributed by atoms with E-state index in [2.05, 4.69) is 15.3 Å². The zero-order valence-corrected chi connectivity index (χ0v) is 14.2. The average Bonchev–Trinajstić information content (AvgIpc) is 3.16. The maximum Gasteiger partial charge on any atom is 0.416 e. The van der Waals surface area contributed by atoms with Gasteiger partial charge in [0.15, 0.2) is 5.69 Å². The van der Waals surface area contributed by atoms with Crippen LogP contribution in [0.2, 0.25) is 10.0 Å². The van der Waals surface area contributed by atoms with Crippen LogP contribution in [0, 0.1) is 11.3 Å². The highest BCUT2D eigenvalue weighted by molar-refractivity contribution is 6.37. The van der Waals surface area contributed by atoms with E-state index in [9.17, 15) is 13.2 Å². The number of alkyl halides is 3. The summed E-state index contributed by atoms with van der Waals surface area (Å²) in [6.45, 7) is 0. The van der Waals surface area contributed by atoms with Gasteiger partial charge >= 0.3 is 6.18 Å². The predicted molar refractivity (Wildman–Crippen MR) is 90.7 cm³/mol. The second-order valence-corrected chi connectivity index (χ2v) is 5.59. The minimum atomic E-state index is -4.57. The molecule has 0 aliphatic rings. The van der Waals surface area contributed by atoms with Gasteiger partial charge in [0.25, 0.3) is 0 Å². The number of nitriles is 1. The molecule has 0 radical (unpaired) electrons. The van der Waals surface area contributed by atoms with E-state index in [0.29, 0.717) is 5.82 Å². The van der Waals surface area contributed by atoms with Gasteiger partial charge in [-0.3, -0.25) is 5.10 Å². The third kappa shape index (κ3) is 4.38. The van der Waals surface area contributed by atoms with Crippen molar-refractivity contribution in [3.05, 3.63) is 51.8 Å². The monoisotopic (exact) mass is 403 g/mol. The van der Waals surface area contributed by atoms with Crippen molar-refractivity contribution < 1.29 is 13.2 Å². The van der Waals surface area contributed by atoms with Crippen molar-refractivity contribution in [2.24, 2.45) is 0 Å². The largest absolute Gasteiger partial charge is 0.416 e. The molecule has 1 aromatic carbocycles. The number of aromatic amines is 1. The molecule has 3 rings (SSSR count). The van der Waals surface area contributed by atoms with E-state index in [1.807, 2.05) is 0 Å². The number of rotatable bonds is 1. The maximum atomic E-state index is 12.6. The Morgan fingerprint density at radius 2 is 1.77 bits per heavy atom. The van der Waals surface area contributed by atoms with Gasteiger partial charge < -0.3 is 11.5 Å². The second-order valence-electron chi connectivity index (χ2n) is 4.78. The summed E-state index contributed by atoms with van der Waals surface area (Å²) >= 11 is 11.6. The van der Waals surface area contributed by atoms with E-state index in [1.54, 1.807) is 18.3 Å². The Labute approximate surface area is 154 Å². The van der Waals surface area contributed by atoms with Gasteiger partial charge in [-0.2, -0.15) is 28.6 Å². The van der Waals surface area contributed by atoms with Gasteiger partial charge in [0.1, 0.15) is 23.4 Å². The lowest BCUT2D eigenvalue weighted by atomic mass is 10.2. The molecule has 0 fully saturated rings. The Hall–Kier alpha value is -2.90. The van der Waals surface area contributed by atoms with Crippen LogP contribution in [0.5, 0.6) is 0 Å². The molecule has 0 amide bonds. The molecule has 0 aliphatic carbocycles. The third-order valence-electron chi connectivity index (χ3n) is 2.93. The second kappa shape index (κ2) is 7.55. The highest BCUT2D eigenvalue weighted by Gasteiger charge is 2.32. The number of benzene rings is 1. The number of nitrogen functional groups attached to an aromatic ring is 2. The first-order chi connectivity index (χ1) is 12.1. The van der Waals surface area contributed by atoms with Crippen molar-refractivity contribution >= 4 is 34.8 Å². The molecule has 0 saturated heterocycles. The maximum absolute atomic E-state index is 12.6. The van der Waals surface area contributed by atoms with Crippen LogP contribution in [-0.4, -0.2) is 20.0 Å². The molecule has 136 valence electrons. The molecular weight excluding hydrogens is 394 g/mol. The average molecular weight is 404 g/mol. The number of anilines is 2. The predicted octanol–water partition coefficient (Wildman–Crippen LogP) is 3.64. The first kappa shape index (κ1) is 19.4. The molecule has 2 heterocycles. The Balaban J connectivity index is 0.000000342. The van der Waals surface area contributed by atoms with E-state index in [-0.39, 0.29) is 27.2 Å². The lowest BCUT2D eigenvalue weighted by Crippen LogP contribution is -2.08. The summed E-state index contributed by atoms with van der Waals surface area (Å²) in [5, 5.41) is 18.1. The number of aromatic nitrogens is 4. The van der Waals surface area contributed by atoms with Gasteiger partial charge in [0.2, 0.25) is 0 Å². The molecule has 0 bridgehead atoms. The van der Waals surface area contributed by atoms with Gasteiger partial charge in [-0.1, -0.05) is 23.2 Å². The van der Waals surface area contributed by atoms with Crippen molar-refractivity contribution in [2.75, 3.05) is 11.5 Å². The SMILES string of the molecule is N#Cc1cc(N)n(-c2c(Cl)cc(C(F)(F)F)cc2Cl)n1.Nc1ccn[nH]1. The van der Waals surface area contributed by atoms with Crippen LogP contribution in [0.25, 0.3) is 5.69 Å². The minimum absolute atomic E-state index is 0.00506. The fourth-order valence-electron chi connectivity index (χ4n) is 1.83. The third-order valence-corrected chi connectivity index (χ3v) is 3.51. The van der Waals surface area contributed by atoms with Crippen molar-refractivity contribution in [2.45, 2.75) is 6.18 Å². The summed E-state index contributed by atoms with van der Waals surface area (Å²) in [6.07, 6.45) is -2.96. The first-order valence-electron chi connectivity index (χ1n) is 6.70. The van der Waals surface area contributed by atoms with Crippen LogP contribution in [0.1, 0.15) is 11.3 Å². The number of nitrogens with zero attached hydrogens (tertiary/aromatic N) is 4. The molecule has 2 aromatic heterocycles. The quantitative estimate of drug-likeness (QED) is 0.572. The Morgan fingerprint density at radius 3 is 2.12 bits per heavy atom. The Bertz CT molecular complexity index is 920. The van der Waals surface area contributed by atoms with Gasteiger partial charge in [-0.25, -0.2) is 4.68 Å². The van der Waals surface area contributed by atoms with Crippen LogP contribution in [-0.2, 0) is 6.18 Å². The van der Waals surface area contributed by atoms with Crippen LogP contribution in [0.15, 0.2) is 30.5 Å². The standard InChI is InChI=1S/C11H5Cl2F3N4.C3H5N3/c12-7-1-5(11(14,15)16)2-8(13)10(7)20-9(18)3-6(4-17)19-20;4-3-1-2-5-6-3/h1-3H,18H2;1-2H,(H3,4,5,6). The number of H-pyrrole nitrogens is 1. The van der Waals surface area contributed by atoms with E-state index >= 15 is 0 Å². The molecule has 26 heavy (non-hydrogen) atoms. The molecule has 5 N–H and O–H groups in total. The lowest BCUT2D eigenvalue weighted by Gasteiger charge is -2.13. The summed E-state index contributed by atoms with van der Waals surface area (Å²) < 4.78 is 38.9. The molecular formula is C14H10Cl2F3N7. The summed E-state index contributed by atoms with van der Waals surface area (Å²) in [7, 11) is 0. The van der Waals surface area contributed by atoms with Crippen molar-refractivity contribution in [1.82, 2.24) is 20.0 Å². The van der Waals surface area contributed by atoms with Gasteiger partial charge in [0, 0.05) is 6.07 Å². The molecule has 0 saturated carbocycles. The number of nitrogens with two attached hydrogens (primary N) is 2. The summed E-state index contributed by atoms with van der Waals surface area (Å²) in [4.78, 5) is 0. The normalized spacial score (nSPS) is 10.8. The van der Waals surface area contributed by atoms with E-state index in [4.69, 9.17) is 39.9 Å². The number of hydrogen-bond acceptors (Lipinski definition) is 5. The number of nitrogens with one attached hydrogen (secondary N) is 1. The molecule has 0 spiro atoms. The van der Waals surface area contributed by atoms with E-state index < -0.39 is 11.7 Å². The Kier molecular flexibility index (Phi) is 5.64. The molecule has 0 atom stereocenters. The van der Waals surface area contributed by atoms with Crippen LogP contribution in [0.3, 0.4) is 0 Å². The van der Waals surface area contributed by atoms with Crippen molar-refractivity contribution in [1.29, 1.82) is 5.26 Å². The van der Waals surface area contributed by atoms with Gasteiger partial charge in [-0.15, -0.1) is 0 Å². The van der Waals surface area contributed by atoms with Crippen molar-refractivity contribution in [3.8, 4) is 11.8 Å². The molecule has 12 heteroatoms. The number of halogens is 5. The fourth-order valence-corrected chi connectivity index (χ4v) is 2.47. The molecule has 7 nitrogen and oxygen atoms in total. The van der Waals surface area contributed by atoms with E-state index in [0.717, 1.165) is 16.8 Å². The van der Waals surface area contributed by atoms with Crippen molar-refractivity contribution in [3.63, 3.8) is 0 Å².